The Morgan fingerprint density at radius 1 is 1.50 bits per heavy atom. The lowest BCUT2D eigenvalue weighted by atomic mass is 10.1. The van der Waals surface area contributed by atoms with Gasteiger partial charge in [0.15, 0.2) is 6.29 Å². The number of carbonyl (C=O) groups excluding carboxylic acids is 2. The van der Waals surface area contributed by atoms with Crippen molar-refractivity contribution >= 4 is 12.6 Å². The summed E-state index contributed by atoms with van der Waals surface area (Å²) in [6.07, 6.45) is -0.209. The molecule has 0 aliphatic carbocycles. The summed E-state index contributed by atoms with van der Waals surface area (Å²) in [4.78, 5) is 22.8. The third-order valence-corrected chi connectivity index (χ3v) is 2.32. The molecular weight excluding hydrogens is 186 g/mol. The highest BCUT2D eigenvalue weighted by Crippen LogP contribution is 2.09. The molecule has 1 N–H and O–H groups in total. The molecule has 3 atom stereocenters. The van der Waals surface area contributed by atoms with Gasteiger partial charge in [-0.15, -0.1) is 0 Å². The van der Waals surface area contributed by atoms with Crippen LogP contribution in [0.1, 0.15) is 6.92 Å². The van der Waals surface area contributed by atoms with Crippen LogP contribution in [0.3, 0.4) is 0 Å². The average molecular weight is 201 g/mol. The van der Waals surface area contributed by atoms with Crippen molar-refractivity contribution in [2.24, 2.45) is 0 Å². The number of hydrogen-bond acceptors (Lipinski definition) is 5. The zero-order valence-electron chi connectivity index (χ0n) is 8.13. The predicted molar refractivity (Wildman–Crippen MR) is 48.9 cm³/mol. The number of aliphatic hydroxyl groups excluding tert-OH is 1. The molecule has 5 heteroatoms. The van der Waals surface area contributed by atoms with Crippen molar-refractivity contribution in [1.29, 1.82) is 0 Å². The zero-order chi connectivity index (χ0) is 10.6. The van der Waals surface area contributed by atoms with Crippen molar-refractivity contribution in [1.82, 2.24) is 4.90 Å². The lowest BCUT2D eigenvalue weighted by Gasteiger charge is -2.35. The van der Waals surface area contributed by atoms with Gasteiger partial charge in [0.2, 0.25) is 0 Å². The highest BCUT2D eigenvalue weighted by Gasteiger charge is 2.28. The fourth-order valence-electron chi connectivity index (χ4n) is 1.58. The van der Waals surface area contributed by atoms with Crippen LogP contribution >= 0.6 is 0 Å². The molecule has 1 aliphatic rings. The van der Waals surface area contributed by atoms with Crippen molar-refractivity contribution in [2.45, 2.75) is 25.2 Å². The van der Waals surface area contributed by atoms with Gasteiger partial charge in [-0.2, -0.15) is 0 Å². The van der Waals surface area contributed by atoms with Crippen LogP contribution < -0.4 is 0 Å². The number of ether oxygens (including phenoxy) is 1. The standard InChI is InChI=1S/C9H15NO4/c1-7-4-10(2-3-14-7)8(5-11)9(13)6-12/h5-9,13H,2-4H2,1H3. The Labute approximate surface area is 82.6 Å². The molecule has 0 aromatic carbocycles. The van der Waals surface area contributed by atoms with Crippen molar-refractivity contribution in [3.8, 4) is 0 Å². The number of rotatable bonds is 4. The zero-order valence-corrected chi connectivity index (χ0v) is 8.13. The molecule has 0 aromatic heterocycles. The van der Waals surface area contributed by atoms with Gasteiger partial charge in [0, 0.05) is 13.1 Å². The van der Waals surface area contributed by atoms with E-state index in [0.717, 1.165) is 0 Å². The summed E-state index contributed by atoms with van der Waals surface area (Å²) < 4.78 is 5.29. The largest absolute Gasteiger partial charge is 0.384 e. The Kier molecular flexibility index (Phi) is 4.19. The normalized spacial score (nSPS) is 28.0. The van der Waals surface area contributed by atoms with Crippen LogP contribution in [-0.2, 0) is 14.3 Å². The first kappa shape index (κ1) is 11.3. The Balaban J connectivity index is 2.58. The van der Waals surface area contributed by atoms with Crippen molar-refractivity contribution in [3.63, 3.8) is 0 Å². The molecule has 1 rings (SSSR count). The van der Waals surface area contributed by atoms with E-state index in [1.165, 1.54) is 0 Å². The molecular formula is C9H15NO4. The summed E-state index contributed by atoms with van der Waals surface area (Å²) in [5.74, 6) is 0. The van der Waals surface area contributed by atoms with Gasteiger partial charge in [0.1, 0.15) is 12.4 Å². The summed E-state index contributed by atoms with van der Waals surface area (Å²) in [5, 5.41) is 9.27. The molecule has 14 heavy (non-hydrogen) atoms. The van der Waals surface area contributed by atoms with E-state index in [-0.39, 0.29) is 6.10 Å². The molecule has 0 bridgehead atoms. The van der Waals surface area contributed by atoms with Crippen LogP contribution in [-0.4, -0.2) is 60.5 Å². The fourth-order valence-corrected chi connectivity index (χ4v) is 1.58. The van der Waals surface area contributed by atoms with E-state index in [0.29, 0.717) is 32.3 Å². The molecule has 3 unspecified atom stereocenters. The molecule has 1 saturated heterocycles. The van der Waals surface area contributed by atoms with Crippen LogP contribution in [0, 0.1) is 0 Å². The van der Waals surface area contributed by atoms with Crippen LogP contribution in [0.5, 0.6) is 0 Å². The van der Waals surface area contributed by atoms with Crippen LogP contribution in [0.4, 0.5) is 0 Å². The Morgan fingerprint density at radius 3 is 2.71 bits per heavy atom. The summed E-state index contributed by atoms with van der Waals surface area (Å²) in [7, 11) is 0. The maximum atomic E-state index is 10.7. The molecule has 1 aliphatic heterocycles. The minimum Gasteiger partial charge on any atom is -0.384 e. The quantitative estimate of drug-likeness (QED) is 0.581. The Bertz CT molecular complexity index is 209. The fraction of sp³-hybridized carbons (Fsp3) is 0.778. The Hall–Kier alpha value is -0.780. The van der Waals surface area contributed by atoms with E-state index in [2.05, 4.69) is 0 Å². The van der Waals surface area contributed by atoms with E-state index in [9.17, 15) is 14.7 Å². The minimum atomic E-state index is -1.24. The van der Waals surface area contributed by atoms with Crippen molar-refractivity contribution in [3.05, 3.63) is 0 Å². The molecule has 0 saturated carbocycles. The monoisotopic (exact) mass is 201 g/mol. The second-order valence-electron chi connectivity index (χ2n) is 3.43. The number of nitrogens with zero attached hydrogens (tertiary/aromatic N) is 1. The number of carbonyl (C=O) groups is 2. The van der Waals surface area contributed by atoms with E-state index < -0.39 is 12.1 Å². The first-order chi connectivity index (χ1) is 6.69. The van der Waals surface area contributed by atoms with Gasteiger partial charge in [-0.3, -0.25) is 4.90 Å². The molecule has 0 spiro atoms. The topological polar surface area (TPSA) is 66.8 Å². The third kappa shape index (κ3) is 2.60. The maximum Gasteiger partial charge on any atom is 0.150 e. The van der Waals surface area contributed by atoms with Gasteiger partial charge in [0.25, 0.3) is 0 Å². The van der Waals surface area contributed by atoms with Gasteiger partial charge >= 0.3 is 0 Å². The molecule has 0 radical (unpaired) electrons. The van der Waals surface area contributed by atoms with Crippen molar-refractivity contribution < 1.29 is 19.4 Å². The molecule has 5 nitrogen and oxygen atoms in total. The van der Waals surface area contributed by atoms with E-state index in [1.807, 2.05) is 6.92 Å². The lowest BCUT2D eigenvalue weighted by Crippen LogP contribution is -2.52. The molecule has 0 amide bonds. The highest BCUT2D eigenvalue weighted by atomic mass is 16.5. The van der Waals surface area contributed by atoms with Crippen LogP contribution in [0.2, 0.25) is 0 Å². The van der Waals surface area contributed by atoms with Crippen LogP contribution in [0.15, 0.2) is 0 Å². The third-order valence-electron chi connectivity index (χ3n) is 2.32. The van der Waals surface area contributed by atoms with Gasteiger partial charge < -0.3 is 19.4 Å². The smallest absolute Gasteiger partial charge is 0.150 e. The maximum absolute atomic E-state index is 10.7. The second-order valence-corrected chi connectivity index (χ2v) is 3.43. The number of morpholine rings is 1. The van der Waals surface area contributed by atoms with E-state index >= 15 is 0 Å². The van der Waals surface area contributed by atoms with Gasteiger partial charge in [0.05, 0.1) is 18.8 Å². The predicted octanol–water partition coefficient (Wildman–Crippen LogP) is -1.17. The molecule has 0 aromatic rings. The average Bonchev–Trinajstić information content (AvgIpc) is 2.19. The number of aldehydes is 2. The van der Waals surface area contributed by atoms with E-state index in [1.54, 1.807) is 4.90 Å². The van der Waals surface area contributed by atoms with Crippen LogP contribution in [0.25, 0.3) is 0 Å². The van der Waals surface area contributed by atoms with Gasteiger partial charge in [-0.05, 0) is 6.92 Å². The molecule has 1 heterocycles. The summed E-state index contributed by atoms with van der Waals surface area (Å²) >= 11 is 0. The first-order valence-corrected chi connectivity index (χ1v) is 4.63. The summed E-state index contributed by atoms with van der Waals surface area (Å²) in [5.41, 5.74) is 0. The summed E-state index contributed by atoms with van der Waals surface area (Å²) in [6.45, 7) is 3.55. The van der Waals surface area contributed by atoms with Crippen molar-refractivity contribution in [2.75, 3.05) is 19.7 Å². The lowest BCUT2D eigenvalue weighted by molar-refractivity contribution is -0.130. The summed E-state index contributed by atoms with van der Waals surface area (Å²) in [6, 6.07) is -0.737. The van der Waals surface area contributed by atoms with Gasteiger partial charge in [-0.1, -0.05) is 0 Å². The molecule has 1 fully saturated rings. The number of aliphatic hydroxyl groups is 1. The first-order valence-electron chi connectivity index (χ1n) is 4.63. The second kappa shape index (κ2) is 5.19. The number of hydrogen-bond donors (Lipinski definition) is 1. The van der Waals surface area contributed by atoms with E-state index in [4.69, 9.17) is 4.74 Å². The Morgan fingerprint density at radius 2 is 2.21 bits per heavy atom. The van der Waals surface area contributed by atoms with Gasteiger partial charge in [-0.25, -0.2) is 0 Å². The molecule has 80 valence electrons. The highest BCUT2D eigenvalue weighted by molar-refractivity contribution is 5.69. The SMILES string of the molecule is CC1CN(C(C=O)C(O)C=O)CCO1. The minimum absolute atomic E-state index is 0.0325.